The number of piperidine rings is 1. The minimum Gasteiger partial charge on any atom is -0.306 e. The van der Waals surface area contributed by atoms with E-state index in [0.29, 0.717) is 16.7 Å². The Hall–Kier alpha value is -4.64. The van der Waals surface area contributed by atoms with Crippen molar-refractivity contribution in [2.24, 2.45) is 5.14 Å². The van der Waals surface area contributed by atoms with Crippen LogP contribution in [0.3, 0.4) is 0 Å². The van der Waals surface area contributed by atoms with Crippen molar-refractivity contribution < 1.29 is 8.42 Å². The van der Waals surface area contributed by atoms with Crippen molar-refractivity contribution in [2.45, 2.75) is 30.3 Å². The summed E-state index contributed by atoms with van der Waals surface area (Å²) in [5.41, 5.74) is 7.23. The normalized spacial score (nSPS) is 14.9. The summed E-state index contributed by atoms with van der Waals surface area (Å²) in [7, 11) is -3.87. The van der Waals surface area contributed by atoms with Crippen LogP contribution in [0, 0.1) is 0 Å². The fourth-order valence-electron chi connectivity index (χ4n) is 6.01. The number of nitrogens with one attached hydrogen (secondary N) is 1. The highest BCUT2D eigenvalue weighted by atomic mass is 32.2. The molecule has 10 heteroatoms. The van der Waals surface area contributed by atoms with Crippen LogP contribution in [0.5, 0.6) is 0 Å². The Morgan fingerprint density at radius 2 is 1.44 bits per heavy atom. The SMILES string of the molecule is NS(=O)(=O)c1ccc2nc(-c3ccccc3)c(-c3ccc(CN4CCC(n5c(=O)[nH]c6ccccc65)CC4)cc3)nc2c1. The quantitative estimate of drug-likeness (QED) is 0.278. The maximum Gasteiger partial charge on any atom is 0.326 e. The zero-order chi connectivity index (χ0) is 29.6. The molecule has 0 saturated carbocycles. The number of aromatic nitrogens is 4. The summed E-state index contributed by atoms with van der Waals surface area (Å²) in [5.74, 6) is 0. The number of primary sulfonamides is 1. The number of para-hydroxylation sites is 2. The number of hydrogen-bond donors (Lipinski definition) is 2. The second-order valence-corrected chi connectivity index (χ2v) is 12.6. The lowest BCUT2D eigenvalue weighted by Gasteiger charge is -2.32. The molecule has 0 radical (unpaired) electrons. The molecule has 0 amide bonds. The molecule has 1 fully saturated rings. The fourth-order valence-corrected chi connectivity index (χ4v) is 6.54. The van der Waals surface area contributed by atoms with Gasteiger partial charge in [-0.3, -0.25) is 9.47 Å². The summed E-state index contributed by atoms with van der Waals surface area (Å²) in [4.78, 5) is 27.8. The first-order valence-electron chi connectivity index (χ1n) is 14.2. The number of likely N-dealkylation sites (tertiary alicyclic amines) is 1. The molecule has 0 spiro atoms. The van der Waals surface area contributed by atoms with Gasteiger partial charge in [0.15, 0.2) is 0 Å². The van der Waals surface area contributed by atoms with Gasteiger partial charge in [0, 0.05) is 36.8 Å². The van der Waals surface area contributed by atoms with Gasteiger partial charge in [-0.2, -0.15) is 0 Å². The van der Waals surface area contributed by atoms with Crippen molar-refractivity contribution in [3.8, 4) is 22.5 Å². The van der Waals surface area contributed by atoms with Crippen molar-refractivity contribution >= 4 is 32.1 Å². The molecule has 0 unspecified atom stereocenters. The van der Waals surface area contributed by atoms with Crippen LogP contribution >= 0.6 is 0 Å². The lowest BCUT2D eigenvalue weighted by atomic mass is 10.0. The molecule has 9 nitrogen and oxygen atoms in total. The number of nitrogens with zero attached hydrogens (tertiary/aromatic N) is 4. The Balaban J connectivity index is 1.13. The van der Waals surface area contributed by atoms with Crippen molar-refractivity contribution in [3.05, 3.63) is 113 Å². The third-order valence-corrected chi connectivity index (χ3v) is 9.10. The average Bonchev–Trinajstić information content (AvgIpc) is 3.36. The first kappa shape index (κ1) is 27.2. The van der Waals surface area contributed by atoms with Gasteiger partial charge in [-0.1, -0.05) is 66.7 Å². The van der Waals surface area contributed by atoms with E-state index in [-0.39, 0.29) is 16.6 Å². The highest BCUT2D eigenvalue weighted by Crippen LogP contribution is 2.32. The minimum absolute atomic E-state index is 0.00130. The molecule has 3 N–H and O–H groups in total. The molecule has 3 heterocycles. The Labute approximate surface area is 248 Å². The van der Waals surface area contributed by atoms with E-state index in [9.17, 15) is 13.2 Å². The molecule has 43 heavy (non-hydrogen) atoms. The van der Waals surface area contributed by atoms with Crippen molar-refractivity contribution in [2.75, 3.05) is 13.1 Å². The van der Waals surface area contributed by atoms with Crippen molar-refractivity contribution in [1.82, 2.24) is 24.4 Å². The summed E-state index contributed by atoms with van der Waals surface area (Å²) in [6.07, 6.45) is 1.82. The van der Waals surface area contributed by atoms with E-state index in [4.69, 9.17) is 15.1 Å². The molecule has 0 aliphatic carbocycles. The van der Waals surface area contributed by atoms with E-state index >= 15 is 0 Å². The Morgan fingerprint density at radius 1 is 0.791 bits per heavy atom. The number of hydrogen-bond acceptors (Lipinski definition) is 6. The highest BCUT2D eigenvalue weighted by Gasteiger charge is 2.24. The Bertz CT molecular complexity index is 2110. The second kappa shape index (κ2) is 10.9. The molecule has 0 atom stereocenters. The van der Waals surface area contributed by atoms with Crippen molar-refractivity contribution in [3.63, 3.8) is 0 Å². The summed E-state index contributed by atoms with van der Waals surface area (Å²) < 4.78 is 25.9. The van der Waals surface area contributed by atoms with Gasteiger partial charge in [-0.25, -0.2) is 28.3 Å². The van der Waals surface area contributed by atoms with E-state index in [1.807, 2.05) is 71.3 Å². The van der Waals surface area contributed by atoms with E-state index in [1.54, 1.807) is 6.07 Å². The highest BCUT2D eigenvalue weighted by molar-refractivity contribution is 7.89. The first-order chi connectivity index (χ1) is 20.8. The van der Waals surface area contributed by atoms with Crippen LogP contribution in [0.15, 0.2) is 107 Å². The lowest BCUT2D eigenvalue weighted by Crippen LogP contribution is -2.36. The van der Waals surface area contributed by atoms with E-state index < -0.39 is 10.0 Å². The standard InChI is InChI=1S/C33H30N6O3S/c34-43(41,42)26-14-15-27-29(20-26)36-32(31(35-27)23-6-2-1-3-7-23)24-12-10-22(11-13-24)21-38-18-16-25(17-19-38)39-30-9-5-4-8-28(30)37-33(39)40/h1-15,20,25H,16-19,21H2,(H,37,40)(H2,34,41,42). The number of fused-ring (bicyclic) bond motifs is 2. The van der Waals surface area contributed by atoms with Gasteiger partial charge in [0.2, 0.25) is 10.0 Å². The van der Waals surface area contributed by atoms with Crippen LogP contribution < -0.4 is 10.8 Å². The predicted molar refractivity (Wildman–Crippen MR) is 168 cm³/mol. The van der Waals surface area contributed by atoms with E-state index in [1.165, 1.54) is 17.7 Å². The Kier molecular flexibility index (Phi) is 6.89. The molecule has 1 aliphatic heterocycles. The van der Waals surface area contributed by atoms with E-state index in [0.717, 1.165) is 60.3 Å². The lowest BCUT2D eigenvalue weighted by molar-refractivity contribution is 0.180. The maximum absolute atomic E-state index is 12.7. The van der Waals surface area contributed by atoms with Gasteiger partial charge < -0.3 is 4.98 Å². The molecular weight excluding hydrogens is 560 g/mol. The average molecular weight is 591 g/mol. The largest absolute Gasteiger partial charge is 0.326 e. The number of imidazole rings is 1. The summed E-state index contributed by atoms with van der Waals surface area (Å²) in [6, 6.07) is 30.7. The molecule has 7 rings (SSSR count). The number of aromatic amines is 1. The maximum atomic E-state index is 12.7. The zero-order valence-electron chi connectivity index (χ0n) is 23.3. The molecule has 216 valence electrons. The monoisotopic (exact) mass is 590 g/mol. The second-order valence-electron chi connectivity index (χ2n) is 11.0. The predicted octanol–water partition coefficient (Wildman–Crippen LogP) is 5.09. The van der Waals surface area contributed by atoms with Gasteiger partial charge in [-0.15, -0.1) is 0 Å². The Morgan fingerprint density at radius 3 is 2.16 bits per heavy atom. The van der Waals surface area contributed by atoms with Crippen LogP contribution in [-0.2, 0) is 16.6 Å². The first-order valence-corrected chi connectivity index (χ1v) is 15.8. The number of benzene rings is 4. The van der Waals surface area contributed by atoms with Gasteiger partial charge in [0.1, 0.15) is 0 Å². The number of nitrogens with two attached hydrogens (primary N) is 1. The molecule has 4 aromatic carbocycles. The topological polar surface area (TPSA) is 127 Å². The number of sulfonamides is 1. The molecule has 1 saturated heterocycles. The molecular formula is C33H30N6O3S. The molecule has 6 aromatic rings. The van der Waals surface area contributed by atoms with Gasteiger partial charge in [-0.05, 0) is 48.7 Å². The number of H-pyrrole nitrogens is 1. The summed E-state index contributed by atoms with van der Waals surface area (Å²) in [6.45, 7) is 2.61. The van der Waals surface area contributed by atoms with Crippen LogP contribution in [0.4, 0.5) is 0 Å². The van der Waals surface area contributed by atoms with Gasteiger partial charge in [0.05, 0.1) is 38.4 Å². The summed E-state index contributed by atoms with van der Waals surface area (Å²) >= 11 is 0. The van der Waals surface area contributed by atoms with Crippen molar-refractivity contribution in [1.29, 1.82) is 0 Å². The van der Waals surface area contributed by atoms with Gasteiger partial charge >= 0.3 is 5.69 Å². The third kappa shape index (κ3) is 5.36. The smallest absolute Gasteiger partial charge is 0.306 e. The summed E-state index contributed by atoms with van der Waals surface area (Å²) in [5, 5.41) is 5.38. The van der Waals surface area contributed by atoms with Crippen LogP contribution in [0.25, 0.3) is 44.6 Å². The molecule has 2 aromatic heterocycles. The van der Waals surface area contributed by atoms with E-state index in [2.05, 4.69) is 22.0 Å². The van der Waals surface area contributed by atoms with Gasteiger partial charge in [0.25, 0.3) is 0 Å². The number of rotatable bonds is 6. The van der Waals surface area contributed by atoms with Crippen LogP contribution in [-0.4, -0.2) is 45.9 Å². The fraction of sp³-hybridized carbons (Fsp3) is 0.182. The third-order valence-electron chi connectivity index (χ3n) is 8.19. The van der Waals surface area contributed by atoms with Crippen LogP contribution in [0.2, 0.25) is 0 Å². The molecule has 0 bridgehead atoms. The molecule has 1 aliphatic rings. The zero-order valence-corrected chi connectivity index (χ0v) is 24.2. The minimum atomic E-state index is -3.87. The van der Waals surface area contributed by atoms with Crippen LogP contribution in [0.1, 0.15) is 24.4 Å².